The van der Waals surface area contributed by atoms with Gasteiger partial charge in [-0.1, -0.05) is 12.1 Å². The van der Waals surface area contributed by atoms with Gasteiger partial charge in [0.25, 0.3) is 0 Å². The maximum Gasteiger partial charge on any atom is 0.0529 e. The molecule has 3 N–H and O–H groups in total. The molecule has 0 bridgehead atoms. The van der Waals surface area contributed by atoms with Gasteiger partial charge in [0.15, 0.2) is 0 Å². The van der Waals surface area contributed by atoms with E-state index < -0.39 is 0 Å². The van der Waals surface area contributed by atoms with Gasteiger partial charge in [0.2, 0.25) is 0 Å². The van der Waals surface area contributed by atoms with E-state index in [0.29, 0.717) is 0 Å². The van der Waals surface area contributed by atoms with Crippen molar-refractivity contribution in [3.05, 3.63) is 29.8 Å². The topological polar surface area (TPSA) is 55.5 Å². The number of hydrogen-bond donors (Lipinski definition) is 2. The number of aliphatic hydroxyl groups is 1. The summed E-state index contributed by atoms with van der Waals surface area (Å²) in [5.74, 6) is 0. The van der Waals surface area contributed by atoms with Crippen LogP contribution in [0.5, 0.6) is 0 Å². The summed E-state index contributed by atoms with van der Waals surface area (Å²) in [4.78, 5) is 0. The lowest BCUT2D eigenvalue weighted by Gasteiger charge is -2.36. The fourth-order valence-electron chi connectivity index (χ4n) is 2.14. The van der Waals surface area contributed by atoms with E-state index in [1.54, 1.807) is 0 Å². The number of anilines is 1. The number of hydrogen-bond acceptors (Lipinski definition) is 3. The number of nitrogens with two attached hydrogens (primary N) is 1. The molecule has 2 rings (SSSR count). The van der Waals surface area contributed by atoms with Crippen molar-refractivity contribution in [1.29, 1.82) is 0 Å². The Hall–Kier alpha value is -1.06. The van der Waals surface area contributed by atoms with Crippen LogP contribution in [0, 0.1) is 0 Å². The lowest BCUT2D eigenvalue weighted by atomic mass is 9.75. The van der Waals surface area contributed by atoms with Gasteiger partial charge in [-0.3, -0.25) is 0 Å². The van der Waals surface area contributed by atoms with Gasteiger partial charge in [0, 0.05) is 24.3 Å². The van der Waals surface area contributed by atoms with Crippen molar-refractivity contribution < 1.29 is 9.84 Å². The second kappa shape index (κ2) is 4.21. The Bertz CT molecular complexity index is 315. The van der Waals surface area contributed by atoms with Crippen molar-refractivity contribution in [2.24, 2.45) is 0 Å². The van der Waals surface area contributed by atoms with E-state index in [2.05, 4.69) is 0 Å². The molecule has 0 atom stereocenters. The molecule has 1 fully saturated rings. The number of benzene rings is 1. The molecule has 82 valence electrons. The van der Waals surface area contributed by atoms with Gasteiger partial charge in [0.1, 0.15) is 0 Å². The molecule has 1 aromatic rings. The zero-order chi connectivity index (χ0) is 10.7. The van der Waals surface area contributed by atoms with Crippen LogP contribution >= 0.6 is 0 Å². The van der Waals surface area contributed by atoms with Crippen LogP contribution < -0.4 is 5.73 Å². The SMILES string of the molecule is Nc1ccc(C2(CO)CCOCC2)cc1. The number of rotatable bonds is 2. The minimum atomic E-state index is -0.119. The average Bonchev–Trinajstić information content (AvgIpc) is 2.31. The largest absolute Gasteiger partial charge is 0.399 e. The summed E-state index contributed by atoms with van der Waals surface area (Å²) in [5, 5.41) is 9.58. The average molecular weight is 207 g/mol. The standard InChI is InChI=1S/C12H17NO2/c13-11-3-1-10(2-4-11)12(9-14)5-7-15-8-6-12/h1-4,14H,5-9,13H2. The zero-order valence-electron chi connectivity index (χ0n) is 8.78. The molecule has 1 saturated heterocycles. The van der Waals surface area contributed by atoms with Gasteiger partial charge in [-0.2, -0.15) is 0 Å². The van der Waals surface area contributed by atoms with Crippen LogP contribution in [-0.2, 0) is 10.2 Å². The Labute approximate surface area is 89.9 Å². The van der Waals surface area contributed by atoms with Crippen LogP contribution in [-0.4, -0.2) is 24.9 Å². The molecule has 3 nitrogen and oxygen atoms in total. The summed E-state index contributed by atoms with van der Waals surface area (Å²) in [6, 6.07) is 7.80. The van der Waals surface area contributed by atoms with E-state index in [-0.39, 0.29) is 12.0 Å². The fraction of sp³-hybridized carbons (Fsp3) is 0.500. The van der Waals surface area contributed by atoms with E-state index >= 15 is 0 Å². The second-order valence-electron chi connectivity index (χ2n) is 4.17. The van der Waals surface area contributed by atoms with Crippen molar-refractivity contribution >= 4 is 5.69 Å². The Balaban J connectivity index is 2.28. The Morgan fingerprint density at radius 2 is 1.80 bits per heavy atom. The molecular weight excluding hydrogens is 190 g/mol. The molecule has 0 aliphatic carbocycles. The minimum absolute atomic E-state index is 0.119. The molecule has 15 heavy (non-hydrogen) atoms. The van der Waals surface area contributed by atoms with E-state index in [9.17, 15) is 5.11 Å². The first-order valence-electron chi connectivity index (χ1n) is 5.31. The van der Waals surface area contributed by atoms with Crippen LogP contribution in [0.25, 0.3) is 0 Å². The first kappa shape index (κ1) is 10.5. The van der Waals surface area contributed by atoms with Crippen molar-refractivity contribution in [2.45, 2.75) is 18.3 Å². The third-order valence-electron chi connectivity index (χ3n) is 3.28. The molecule has 1 aromatic carbocycles. The predicted octanol–water partition coefficient (Wildman–Crippen LogP) is 1.31. The smallest absolute Gasteiger partial charge is 0.0529 e. The summed E-state index contributed by atoms with van der Waals surface area (Å²) >= 11 is 0. The maximum absolute atomic E-state index is 9.58. The number of aliphatic hydroxyl groups excluding tert-OH is 1. The van der Waals surface area contributed by atoms with Crippen molar-refractivity contribution in [3.63, 3.8) is 0 Å². The third-order valence-corrected chi connectivity index (χ3v) is 3.28. The van der Waals surface area contributed by atoms with Crippen LogP contribution in [0.4, 0.5) is 5.69 Å². The Morgan fingerprint density at radius 1 is 1.20 bits per heavy atom. The summed E-state index contributed by atoms with van der Waals surface area (Å²) in [7, 11) is 0. The summed E-state index contributed by atoms with van der Waals surface area (Å²) in [5.41, 5.74) is 7.47. The van der Waals surface area contributed by atoms with Gasteiger partial charge >= 0.3 is 0 Å². The molecule has 1 aliphatic rings. The van der Waals surface area contributed by atoms with Crippen molar-refractivity contribution in [1.82, 2.24) is 0 Å². The Kier molecular flexibility index (Phi) is 2.93. The van der Waals surface area contributed by atoms with E-state index in [0.717, 1.165) is 31.7 Å². The van der Waals surface area contributed by atoms with E-state index in [1.165, 1.54) is 5.56 Å². The lowest BCUT2D eigenvalue weighted by Crippen LogP contribution is -2.37. The highest BCUT2D eigenvalue weighted by Gasteiger charge is 2.33. The molecule has 0 spiro atoms. The summed E-state index contributed by atoms with van der Waals surface area (Å²) in [6.07, 6.45) is 1.76. The molecule has 0 radical (unpaired) electrons. The molecule has 0 unspecified atom stereocenters. The van der Waals surface area contributed by atoms with Gasteiger partial charge in [0.05, 0.1) is 6.61 Å². The quantitative estimate of drug-likeness (QED) is 0.719. The third kappa shape index (κ3) is 1.98. The molecule has 1 aliphatic heterocycles. The van der Waals surface area contributed by atoms with Gasteiger partial charge < -0.3 is 15.6 Å². The zero-order valence-corrected chi connectivity index (χ0v) is 8.78. The molecule has 0 aromatic heterocycles. The molecular formula is C12H17NO2. The van der Waals surface area contributed by atoms with Gasteiger partial charge in [-0.25, -0.2) is 0 Å². The molecule has 1 heterocycles. The van der Waals surface area contributed by atoms with Crippen LogP contribution in [0.3, 0.4) is 0 Å². The van der Waals surface area contributed by atoms with Gasteiger partial charge in [-0.15, -0.1) is 0 Å². The number of nitrogen functional groups attached to an aromatic ring is 1. The van der Waals surface area contributed by atoms with Crippen LogP contribution in [0.15, 0.2) is 24.3 Å². The minimum Gasteiger partial charge on any atom is -0.399 e. The highest BCUT2D eigenvalue weighted by atomic mass is 16.5. The highest BCUT2D eigenvalue weighted by molar-refractivity contribution is 5.41. The monoisotopic (exact) mass is 207 g/mol. The summed E-state index contributed by atoms with van der Waals surface area (Å²) < 4.78 is 5.34. The molecule has 0 saturated carbocycles. The maximum atomic E-state index is 9.58. The number of ether oxygens (including phenoxy) is 1. The fourth-order valence-corrected chi connectivity index (χ4v) is 2.14. The first-order chi connectivity index (χ1) is 7.27. The lowest BCUT2D eigenvalue weighted by molar-refractivity contribution is 0.0253. The summed E-state index contributed by atoms with van der Waals surface area (Å²) in [6.45, 7) is 1.64. The normalized spacial score (nSPS) is 20.1. The molecule has 3 heteroatoms. The van der Waals surface area contributed by atoms with Crippen molar-refractivity contribution in [2.75, 3.05) is 25.6 Å². The van der Waals surface area contributed by atoms with Gasteiger partial charge in [-0.05, 0) is 30.5 Å². The van der Waals surface area contributed by atoms with Crippen LogP contribution in [0.1, 0.15) is 18.4 Å². The second-order valence-corrected chi connectivity index (χ2v) is 4.17. The van der Waals surface area contributed by atoms with E-state index in [4.69, 9.17) is 10.5 Å². The van der Waals surface area contributed by atoms with Crippen molar-refractivity contribution in [3.8, 4) is 0 Å². The molecule has 0 amide bonds. The predicted molar refractivity (Wildman–Crippen MR) is 59.7 cm³/mol. The Morgan fingerprint density at radius 3 is 2.33 bits per heavy atom. The van der Waals surface area contributed by atoms with E-state index in [1.807, 2.05) is 24.3 Å². The first-order valence-corrected chi connectivity index (χ1v) is 5.31. The van der Waals surface area contributed by atoms with Crippen LogP contribution in [0.2, 0.25) is 0 Å². The highest BCUT2D eigenvalue weighted by Crippen LogP contribution is 2.34.